The Balaban J connectivity index is 2.41. The molecule has 0 spiro atoms. The molecule has 0 bridgehead atoms. The highest BCUT2D eigenvalue weighted by Crippen LogP contribution is 2.22. The van der Waals surface area contributed by atoms with Gasteiger partial charge >= 0.3 is 0 Å². The van der Waals surface area contributed by atoms with E-state index < -0.39 is 0 Å². The minimum atomic E-state index is -0.0688. The summed E-state index contributed by atoms with van der Waals surface area (Å²) < 4.78 is 6.89. The van der Waals surface area contributed by atoms with Crippen molar-refractivity contribution < 1.29 is 4.74 Å². The number of aryl methyl sites for hydroxylation is 1. The maximum atomic E-state index is 12.1. The van der Waals surface area contributed by atoms with Crippen molar-refractivity contribution >= 4 is 0 Å². The highest BCUT2D eigenvalue weighted by molar-refractivity contribution is 5.61. The van der Waals surface area contributed by atoms with Crippen LogP contribution in [0.1, 0.15) is 19.4 Å². The Morgan fingerprint density at radius 3 is 2.81 bits per heavy atom. The molecule has 5 heteroatoms. The highest BCUT2D eigenvalue weighted by Gasteiger charge is 2.08. The first-order valence-corrected chi connectivity index (χ1v) is 7.16. The van der Waals surface area contributed by atoms with Crippen LogP contribution in [0.3, 0.4) is 0 Å². The SMILES string of the molecule is CCNCc1cc(-c2cccc(OCC)c2)nn(C)c1=O. The maximum Gasteiger partial charge on any atom is 0.271 e. The van der Waals surface area contributed by atoms with E-state index in [1.807, 2.05) is 44.2 Å². The van der Waals surface area contributed by atoms with E-state index in [2.05, 4.69) is 10.4 Å². The molecule has 0 aliphatic carbocycles. The summed E-state index contributed by atoms with van der Waals surface area (Å²) in [5.74, 6) is 0.805. The molecule has 0 fully saturated rings. The van der Waals surface area contributed by atoms with Crippen molar-refractivity contribution in [2.24, 2.45) is 7.05 Å². The van der Waals surface area contributed by atoms with Gasteiger partial charge in [0, 0.05) is 24.7 Å². The molecule has 21 heavy (non-hydrogen) atoms. The first kappa shape index (κ1) is 15.3. The summed E-state index contributed by atoms with van der Waals surface area (Å²) in [6.45, 7) is 5.95. The van der Waals surface area contributed by atoms with Gasteiger partial charge in [-0.2, -0.15) is 5.10 Å². The van der Waals surface area contributed by atoms with Gasteiger partial charge in [0.25, 0.3) is 5.56 Å². The molecule has 1 N–H and O–H groups in total. The number of aromatic nitrogens is 2. The van der Waals surface area contributed by atoms with Gasteiger partial charge in [-0.3, -0.25) is 4.79 Å². The van der Waals surface area contributed by atoms with Crippen LogP contribution in [0.4, 0.5) is 0 Å². The zero-order valence-electron chi connectivity index (χ0n) is 12.7. The lowest BCUT2D eigenvalue weighted by atomic mass is 10.1. The van der Waals surface area contributed by atoms with Crippen LogP contribution in [0.25, 0.3) is 11.3 Å². The van der Waals surface area contributed by atoms with Crippen LogP contribution in [0.2, 0.25) is 0 Å². The van der Waals surface area contributed by atoms with Crippen LogP contribution in [0, 0.1) is 0 Å². The largest absolute Gasteiger partial charge is 0.494 e. The number of nitrogens with one attached hydrogen (secondary N) is 1. The minimum absolute atomic E-state index is 0.0688. The quantitative estimate of drug-likeness (QED) is 0.882. The molecular formula is C16H21N3O2. The van der Waals surface area contributed by atoms with Crippen molar-refractivity contribution in [2.75, 3.05) is 13.2 Å². The Morgan fingerprint density at radius 1 is 1.29 bits per heavy atom. The first-order valence-electron chi connectivity index (χ1n) is 7.16. The molecule has 2 aromatic rings. The molecule has 1 heterocycles. The number of nitrogens with zero attached hydrogens (tertiary/aromatic N) is 2. The summed E-state index contributed by atoms with van der Waals surface area (Å²) in [5.41, 5.74) is 2.35. The molecule has 5 nitrogen and oxygen atoms in total. The molecule has 0 saturated carbocycles. The summed E-state index contributed by atoms with van der Waals surface area (Å²) >= 11 is 0. The van der Waals surface area contributed by atoms with Crippen molar-refractivity contribution in [1.29, 1.82) is 0 Å². The Bertz CT molecular complexity index is 665. The van der Waals surface area contributed by atoms with E-state index in [9.17, 15) is 4.79 Å². The number of rotatable bonds is 6. The van der Waals surface area contributed by atoms with Crippen LogP contribution in [0.5, 0.6) is 5.75 Å². The molecule has 0 unspecified atom stereocenters. The van der Waals surface area contributed by atoms with E-state index in [1.165, 1.54) is 4.68 Å². The third-order valence-electron chi connectivity index (χ3n) is 3.14. The van der Waals surface area contributed by atoms with Gasteiger partial charge in [0.15, 0.2) is 0 Å². The summed E-state index contributed by atoms with van der Waals surface area (Å²) in [5, 5.41) is 7.51. The second kappa shape index (κ2) is 7.04. The van der Waals surface area contributed by atoms with Crippen molar-refractivity contribution in [1.82, 2.24) is 15.1 Å². The van der Waals surface area contributed by atoms with Crippen LogP contribution < -0.4 is 15.6 Å². The highest BCUT2D eigenvalue weighted by atomic mass is 16.5. The zero-order valence-corrected chi connectivity index (χ0v) is 12.7. The molecule has 0 amide bonds. The van der Waals surface area contributed by atoms with E-state index in [4.69, 9.17) is 4.74 Å². The van der Waals surface area contributed by atoms with Crippen molar-refractivity contribution in [3.63, 3.8) is 0 Å². The lowest BCUT2D eigenvalue weighted by Crippen LogP contribution is -2.27. The number of benzene rings is 1. The average Bonchev–Trinajstić information content (AvgIpc) is 2.49. The number of ether oxygens (including phenoxy) is 1. The smallest absolute Gasteiger partial charge is 0.271 e. The summed E-state index contributed by atoms with van der Waals surface area (Å²) in [6.07, 6.45) is 0. The topological polar surface area (TPSA) is 56.1 Å². The van der Waals surface area contributed by atoms with Gasteiger partial charge in [0.1, 0.15) is 5.75 Å². The second-order valence-corrected chi connectivity index (χ2v) is 4.72. The van der Waals surface area contributed by atoms with Crippen LogP contribution in [0.15, 0.2) is 35.1 Å². The van der Waals surface area contributed by atoms with Crippen LogP contribution in [-0.4, -0.2) is 22.9 Å². The normalized spacial score (nSPS) is 10.6. The van der Waals surface area contributed by atoms with E-state index in [1.54, 1.807) is 7.05 Å². The minimum Gasteiger partial charge on any atom is -0.494 e. The molecule has 112 valence electrons. The predicted octanol–water partition coefficient (Wildman–Crippen LogP) is 1.96. The van der Waals surface area contributed by atoms with Crippen molar-refractivity contribution in [3.05, 3.63) is 46.2 Å². The van der Waals surface area contributed by atoms with Gasteiger partial charge in [-0.05, 0) is 31.7 Å². The Labute approximate surface area is 124 Å². The molecule has 2 rings (SSSR count). The van der Waals surface area contributed by atoms with Gasteiger partial charge in [-0.15, -0.1) is 0 Å². The third-order valence-corrected chi connectivity index (χ3v) is 3.14. The molecule has 0 aliphatic rings. The molecule has 0 radical (unpaired) electrons. The molecular weight excluding hydrogens is 266 g/mol. The number of hydrogen-bond acceptors (Lipinski definition) is 4. The lowest BCUT2D eigenvalue weighted by molar-refractivity contribution is 0.340. The zero-order chi connectivity index (χ0) is 15.2. The Hall–Kier alpha value is -2.14. The van der Waals surface area contributed by atoms with Gasteiger partial charge in [-0.25, -0.2) is 4.68 Å². The molecule has 0 saturated heterocycles. The fourth-order valence-electron chi connectivity index (χ4n) is 2.11. The van der Waals surface area contributed by atoms with Gasteiger partial charge in [-0.1, -0.05) is 19.1 Å². The van der Waals surface area contributed by atoms with E-state index in [0.717, 1.165) is 23.6 Å². The van der Waals surface area contributed by atoms with E-state index in [0.29, 0.717) is 18.7 Å². The maximum absolute atomic E-state index is 12.1. The molecule has 1 aromatic carbocycles. The van der Waals surface area contributed by atoms with Gasteiger partial charge in [0.2, 0.25) is 0 Å². The van der Waals surface area contributed by atoms with Gasteiger partial charge < -0.3 is 10.1 Å². The van der Waals surface area contributed by atoms with E-state index >= 15 is 0 Å². The molecule has 0 atom stereocenters. The predicted molar refractivity (Wildman–Crippen MR) is 83.5 cm³/mol. The molecule has 1 aromatic heterocycles. The average molecular weight is 287 g/mol. The first-order chi connectivity index (χ1) is 10.2. The fourth-order valence-corrected chi connectivity index (χ4v) is 2.11. The Kier molecular flexibility index (Phi) is 5.11. The van der Waals surface area contributed by atoms with Gasteiger partial charge in [0.05, 0.1) is 12.3 Å². The van der Waals surface area contributed by atoms with Crippen LogP contribution >= 0.6 is 0 Å². The fraction of sp³-hybridized carbons (Fsp3) is 0.375. The summed E-state index contributed by atoms with van der Waals surface area (Å²) in [6, 6.07) is 9.58. The summed E-state index contributed by atoms with van der Waals surface area (Å²) in [7, 11) is 1.67. The standard InChI is InChI=1S/C16H21N3O2/c1-4-17-11-13-10-15(18-19(3)16(13)20)12-7-6-8-14(9-12)21-5-2/h6-10,17H,4-5,11H2,1-3H3. The van der Waals surface area contributed by atoms with Crippen LogP contribution in [-0.2, 0) is 13.6 Å². The lowest BCUT2D eigenvalue weighted by Gasteiger charge is -2.09. The third kappa shape index (κ3) is 3.70. The Morgan fingerprint density at radius 2 is 2.10 bits per heavy atom. The molecule has 0 aliphatic heterocycles. The van der Waals surface area contributed by atoms with Crippen molar-refractivity contribution in [2.45, 2.75) is 20.4 Å². The van der Waals surface area contributed by atoms with Crippen molar-refractivity contribution in [3.8, 4) is 17.0 Å². The monoisotopic (exact) mass is 287 g/mol. The van der Waals surface area contributed by atoms with E-state index in [-0.39, 0.29) is 5.56 Å². The summed E-state index contributed by atoms with van der Waals surface area (Å²) in [4.78, 5) is 12.1. The number of hydrogen-bond donors (Lipinski definition) is 1. The second-order valence-electron chi connectivity index (χ2n) is 4.72.